The zero-order chi connectivity index (χ0) is 13.7. The van der Waals surface area contributed by atoms with Gasteiger partial charge in [-0.1, -0.05) is 0 Å². The van der Waals surface area contributed by atoms with Crippen LogP contribution in [0, 0.1) is 0 Å². The maximum absolute atomic E-state index is 11.9. The van der Waals surface area contributed by atoms with Crippen LogP contribution in [0.2, 0.25) is 0 Å². The molecule has 5 nitrogen and oxygen atoms in total. The van der Waals surface area contributed by atoms with Gasteiger partial charge in [0.2, 0.25) is 5.91 Å². The Hall–Kier alpha value is -1.14. The zero-order valence-electron chi connectivity index (χ0n) is 10.9. The number of nitrogens with two attached hydrogens (primary N) is 1. The molecule has 1 aromatic heterocycles. The van der Waals surface area contributed by atoms with Gasteiger partial charge in [-0.2, -0.15) is 0 Å². The minimum absolute atomic E-state index is 0.217. The molecular weight excluding hydrogens is 308 g/mol. The maximum atomic E-state index is 11.9. The van der Waals surface area contributed by atoms with Crippen LogP contribution in [0.4, 0.5) is 5.82 Å². The number of hydrogen-bond donors (Lipinski definition) is 1. The molecule has 0 bridgehead atoms. The summed E-state index contributed by atoms with van der Waals surface area (Å²) in [7, 11) is 0. The van der Waals surface area contributed by atoms with Gasteiger partial charge in [-0.15, -0.1) is 0 Å². The fourth-order valence-electron chi connectivity index (χ4n) is 2.15. The monoisotopic (exact) mass is 326 g/mol. The fourth-order valence-corrected chi connectivity index (χ4v) is 2.39. The van der Waals surface area contributed by atoms with Crippen molar-refractivity contribution in [3.05, 3.63) is 22.8 Å². The van der Waals surface area contributed by atoms with Crippen molar-refractivity contribution in [3.8, 4) is 0 Å². The first-order valence-electron chi connectivity index (χ1n) is 6.55. The third-order valence-electron chi connectivity index (χ3n) is 3.26. The van der Waals surface area contributed by atoms with Crippen LogP contribution in [0.1, 0.15) is 12.8 Å². The summed E-state index contributed by atoms with van der Waals surface area (Å²) in [5.74, 6) is 1.19. The van der Waals surface area contributed by atoms with E-state index < -0.39 is 0 Å². The molecule has 104 valence electrons. The van der Waals surface area contributed by atoms with Gasteiger partial charge >= 0.3 is 0 Å². The van der Waals surface area contributed by atoms with Gasteiger partial charge in [-0.05, 0) is 41.0 Å². The Morgan fingerprint density at radius 1 is 1.32 bits per heavy atom. The van der Waals surface area contributed by atoms with E-state index in [-0.39, 0.29) is 5.91 Å². The van der Waals surface area contributed by atoms with Crippen LogP contribution < -0.4 is 10.6 Å². The number of pyridine rings is 1. The second-order valence-corrected chi connectivity index (χ2v) is 5.51. The van der Waals surface area contributed by atoms with E-state index in [1.807, 2.05) is 17.0 Å². The number of anilines is 1. The fraction of sp³-hybridized carbons (Fsp3) is 0.538. The lowest BCUT2D eigenvalue weighted by molar-refractivity contribution is -0.131. The van der Waals surface area contributed by atoms with Crippen molar-refractivity contribution >= 4 is 27.7 Å². The Morgan fingerprint density at radius 2 is 2.05 bits per heavy atom. The summed E-state index contributed by atoms with van der Waals surface area (Å²) >= 11 is 3.38. The molecule has 6 heteroatoms. The third-order valence-corrected chi connectivity index (χ3v) is 3.73. The lowest BCUT2D eigenvalue weighted by Crippen LogP contribution is -2.49. The molecule has 1 fully saturated rings. The van der Waals surface area contributed by atoms with E-state index in [1.54, 1.807) is 6.20 Å². The van der Waals surface area contributed by atoms with Gasteiger partial charge in [-0.3, -0.25) is 4.79 Å². The molecule has 1 aliphatic heterocycles. The lowest BCUT2D eigenvalue weighted by atomic mass is 10.2. The van der Waals surface area contributed by atoms with Crippen molar-refractivity contribution in [1.29, 1.82) is 0 Å². The van der Waals surface area contributed by atoms with Crippen LogP contribution in [0.5, 0.6) is 0 Å². The molecule has 2 N–H and O–H groups in total. The van der Waals surface area contributed by atoms with Crippen molar-refractivity contribution in [2.45, 2.75) is 12.8 Å². The highest BCUT2D eigenvalue weighted by molar-refractivity contribution is 9.10. The predicted molar refractivity (Wildman–Crippen MR) is 79.0 cm³/mol. The molecule has 0 unspecified atom stereocenters. The lowest BCUT2D eigenvalue weighted by Gasteiger charge is -2.35. The first kappa shape index (κ1) is 14.3. The highest BCUT2D eigenvalue weighted by Gasteiger charge is 2.21. The Kier molecular flexibility index (Phi) is 5.15. The number of nitrogens with zero attached hydrogens (tertiary/aromatic N) is 3. The van der Waals surface area contributed by atoms with Gasteiger partial charge in [0.1, 0.15) is 5.82 Å². The van der Waals surface area contributed by atoms with E-state index in [2.05, 4.69) is 25.8 Å². The summed E-state index contributed by atoms with van der Waals surface area (Å²) in [6, 6.07) is 3.98. The second-order valence-electron chi connectivity index (χ2n) is 4.59. The van der Waals surface area contributed by atoms with E-state index in [4.69, 9.17) is 5.73 Å². The quantitative estimate of drug-likeness (QED) is 0.904. The Bertz CT molecular complexity index is 415. The van der Waals surface area contributed by atoms with E-state index in [1.165, 1.54) is 0 Å². The van der Waals surface area contributed by atoms with Crippen molar-refractivity contribution in [2.75, 3.05) is 37.6 Å². The molecule has 0 aromatic carbocycles. The Balaban J connectivity index is 1.85. The van der Waals surface area contributed by atoms with Crippen LogP contribution in [0.3, 0.4) is 0 Å². The molecule has 0 spiro atoms. The third kappa shape index (κ3) is 3.91. The molecule has 19 heavy (non-hydrogen) atoms. The standard InChI is InChI=1S/C13H19BrN4O/c14-11-3-4-12(16-10-11)17-6-8-18(9-7-17)13(19)2-1-5-15/h3-4,10H,1-2,5-9,15H2. The summed E-state index contributed by atoms with van der Waals surface area (Å²) in [6.45, 7) is 3.78. The Morgan fingerprint density at radius 3 is 2.63 bits per heavy atom. The zero-order valence-corrected chi connectivity index (χ0v) is 12.5. The van der Waals surface area contributed by atoms with Gasteiger partial charge < -0.3 is 15.5 Å². The molecule has 0 radical (unpaired) electrons. The summed E-state index contributed by atoms with van der Waals surface area (Å²) in [6.07, 6.45) is 3.13. The number of halogens is 1. The minimum Gasteiger partial charge on any atom is -0.353 e. The van der Waals surface area contributed by atoms with Crippen LogP contribution in [0.15, 0.2) is 22.8 Å². The number of amides is 1. The van der Waals surface area contributed by atoms with Crippen LogP contribution in [-0.4, -0.2) is 48.5 Å². The largest absolute Gasteiger partial charge is 0.353 e. The average Bonchev–Trinajstić information content (AvgIpc) is 2.46. The van der Waals surface area contributed by atoms with E-state index in [0.717, 1.165) is 42.9 Å². The van der Waals surface area contributed by atoms with E-state index in [0.29, 0.717) is 13.0 Å². The number of carbonyl (C=O) groups is 1. The first-order valence-corrected chi connectivity index (χ1v) is 7.34. The van der Waals surface area contributed by atoms with Crippen molar-refractivity contribution in [3.63, 3.8) is 0 Å². The SMILES string of the molecule is NCCCC(=O)N1CCN(c2ccc(Br)cn2)CC1. The molecule has 1 amide bonds. The van der Waals surface area contributed by atoms with Gasteiger partial charge in [0.15, 0.2) is 0 Å². The number of carbonyl (C=O) groups excluding carboxylic acids is 1. The molecule has 0 saturated carbocycles. The maximum Gasteiger partial charge on any atom is 0.222 e. The summed E-state index contributed by atoms with van der Waals surface area (Å²) in [5, 5.41) is 0. The normalized spacial score (nSPS) is 15.7. The number of hydrogen-bond acceptors (Lipinski definition) is 4. The van der Waals surface area contributed by atoms with Crippen LogP contribution in [-0.2, 0) is 4.79 Å². The topological polar surface area (TPSA) is 62.5 Å². The number of piperazine rings is 1. The van der Waals surface area contributed by atoms with E-state index >= 15 is 0 Å². The van der Waals surface area contributed by atoms with Crippen molar-refractivity contribution in [1.82, 2.24) is 9.88 Å². The highest BCUT2D eigenvalue weighted by Crippen LogP contribution is 2.16. The molecule has 0 aliphatic carbocycles. The van der Waals surface area contributed by atoms with Crippen molar-refractivity contribution in [2.24, 2.45) is 5.73 Å². The van der Waals surface area contributed by atoms with Gasteiger partial charge in [0.25, 0.3) is 0 Å². The van der Waals surface area contributed by atoms with Gasteiger partial charge in [-0.25, -0.2) is 4.98 Å². The molecular formula is C13H19BrN4O. The average molecular weight is 327 g/mol. The van der Waals surface area contributed by atoms with Crippen LogP contribution in [0.25, 0.3) is 0 Å². The summed E-state index contributed by atoms with van der Waals surface area (Å²) < 4.78 is 0.979. The minimum atomic E-state index is 0.217. The molecule has 2 heterocycles. The molecule has 1 aliphatic rings. The second kappa shape index (κ2) is 6.86. The molecule has 0 atom stereocenters. The molecule has 2 rings (SSSR count). The predicted octanol–water partition coefficient (Wildman–Crippen LogP) is 1.23. The summed E-state index contributed by atoms with van der Waals surface area (Å²) in [4.78, 5) is 20.4. The summed E-state index contributed by atoms with van der Waals surface area (Å²) in [5.41, 5.74) is 5.43. The smallest absolute Gasteiger partial charge is 0.222 e. The molecule has 1 aromatic rings. The van der Waals surface area contributed by atoms with Crippen molar-refractivity contribution < 1.29 is 4.79 Å². The van der Waals surface area contributed by atoms with Gasteiger partial charge in [0, 0.05) is 43.3 Å². The van der Waals surface area contributed by atoms with Gasteiger partial charge in [0.05, 0.1) is 0 Å². The first-order chi connectivity index (χ1) is 9.20. The van der Waals surface area contributed by atoms with E-state index in [9.17, 15) is 4.79 Å². The highest BCUT2D eigenvalue weighted by atomic mass is 79.9. The molecule has 1 saturated heterocycles. The number of rotatable bonds is 4. The number of aromatic nitrogens is 1. The van der Waals surface area contributed by atoms with Crippen LogP contribution >= 0.6 is 15.9 Å². The Labute approximate surface area is 121 Å².